The van der Waals surface area contributed by atoms with Crippen LogP contribution in [0, 0.1) is 5.82 Å². The molecule has 1 heterocycles. The van der Waals surface area contributed by atoms with E-state index in [1.807, 2.05) is 0 Å². The second kappa shape index (κ2) is 3.27. The van der Waals surface area contributed by atoms with Crippen molar-refractivity contribution in [3.05, 3.63) is 40.2 Å². The van der Waals surface area contributed by atoms with Crippen LogP contribution in [0.1, 0.15) is 17.5 Å². The highest BCUT2D eigenvalue weighted by atomic mass is 19.1. The lowest BCUT2D eigenvalue weighted by Gasteiger charge is -1.99. The summed E-state index contributed by atoms with van der Waals surface area (Å²) >= 11 is 0. The number of halogens is 1. The molecule has 0 saturated carbocycles. The number of rotatable bonds is 1. The van der Waals surface area contributed by atoms with Gasteiger partial charge in [-0.1, -0.05) is 0 Å². The quantitative estimate of drug-likeness (QED) is 0.714. The van der Waals surface area contributed by atoms with Crippen molar-refractivity contribution in [1.82, 2.24) is 9.97 Å². The van der Waals surface area contributed by atoms with Crippen LogP contribution in [0.4, 0.5) is 4.39 Å². The van der Waals surface area contributed by atoms with Gasteiger partial charge in [-0.2, -0.15) is 0 Å². The maximum Gasteiger partial charge on any atom is 0.259 e. The molecule has 1 N–H and O–H groups in total. The minimum atomic E-state index is -0.491. The van der Waals surface area contributed by atoms with Gasteiger partial charge in [-0.05, 0) is 12.1 Å². The zero-order valence-corrected chi connectivity index (χ0v) is 7.87. The fourth-order valence-electron chi connectivity index (χ4n) is 1.28. The largest absolute Gasteiger partial charge is 0.303 e. The molecular formula is C10H7FN2O2. The number of benzene rings is 1. The Morgan fingerprint density at radius 2 is 2.20 bits per heavy atom. The number of hydrogen-bond donors (Lipinski definition) is 1. The molecule has 4 nitrogen and oxygen atoms in total. The van der Waals surface area contributed by atoms with Crippen molar-refractivity contribution < 1.29 is 9.18 Å². The highest BCUT2D eigenvalue weighted by molar-refractivity contribution is 5.92. The molecule has 0 atom stereocenters. The van der Waals surface area contributed by atoms with Gasteiger partial charge in [0.2, 0.25) is 0 Å². The average molecular weight is 206 g/mol. The van der Waals surface area contributed by atoms with E-state index in [0.29, 0.717) is 0 Å². The number of hydrogen-bond acceptors (Lipinski definition) is 3. The van der Waals surface area contributed by atoms with Gasteiger partial charge in [0.15, 0.2) is 11.6 Å². The third kappa shape index (κ3) is 1.63. The molecule has 1 aromatic carbocycles. The smallest absolute Gasteiger partial charge is 0.259 e. The molecule has 76 valence electrons. The van der Waals surface area contributed by atoms with Crippen LogP contribution in [-0.2, 0) is 0 Å². The summed E-state index contributed by atoms with van der Waals surface area (Å²) in [5.74, 6) is -0.911. The average Bonchev–Trinajstić information content (AvgIpc) is 2.16. The Morgan fingerprint density at radius 3 is 2.87 bits per heavy atom. The normalized spacial score (nSPS) is 10.5. The third-order valence-corrected chi connectivity index (χ3v) is 2.00. The second-order valence-corrected chi connectivity index (χ2v) is 3.13. The standard InChI is InChI=1S/C10H7FN2O2/c1-5(14)9-12-8-4-6(11)2-3-7(8)10(15)13-9/h2-4H,1H3,(H,12,13,15). The van der Waals surface area contributed by atoms with Crippen molar-refractivity contribution in [1.29, 1.82) is 0 Å². The van der Waals surface area contributed by atoms with Crippen molar-refractivity contribution in [3.8, 4) is 0 Å². The van der Waals surface area contributed by atoms with Crippen molar-refractivity contribution in [3.63, 3.8) is 0 Å². The van der Waals surface area contributed by atoms with Gasteiger partial charge in [-0.25, -0.2) is 9.37 Å². The number of carbonyl (C=O) groups excluding carboxylic acids is 1. The summed E-state index contributed by atoms with van der Waals surface area (Å²) < 4.78 is 12.9. The summed E-state index contributed by atoms with van der Waals surface area (Å²) in [4.78, 5) is 28.6. The van der Waals surface area contributed by atoms with Crippen LogP contribution >= 0.6 is 0 Å². The van der Waals surface area contributed by atoms with Crippen LogP contribution < -0.4 is 5.56 Å². The van der Waals surface area contributed by atoms with Gasteiger partial charge in [-0.15, -0.1) is 0 Å². The summed E-state index contributed by atoms with van der Waals surface area (Å²) in [6, 6.07) is 3.63. The topological polar surface area (TPSA) is 62.8 Å². The minimum Gasteiger partial charge on any atom is -0.303 e. The molecule has 5 heteroatoms. The molecule has 15 heavy (non-hydrogen) atoms. The highest BCUT2D eigenvalue weighted by Crippen LogP contribution is 2.09. The maximum atomic E-state index is 12.9. The van der Waals surface area contributed by atoms with E-state index in [9.17, 15) is 14.0 Å². The number of Topliss-reactive ketones (excluding diaryl/α,β-unsaturated/α-hetero) is 1. The third-order valence-electron chi connectivity index (χ3n) is 2.00. The lowest BCUT2D eigenvalue weighted by molar-refractivity contribution is 0.100. The minimum absolute atomic E-state index is 0.0573. The number of fused-ring (bicyclic) bond motifs is 1. The fourth-order valence-corrected chi connectivity index (χ4v) is 1.28. The van der Waals surface area contributed by atoms with E-state index in [1.165, 1.54) is 19.1 Å². The van der Waals surface area contributed by atoms with Crippen molar-refractivity contribution in [2.45, 2.75) is 6.92 Å². The summed E-state index contributed by atoms with van der Waals surface area (Å²) in [6.07, 6.45) is 0. The predicted molar refractivity (Wildman–Crippen MR) is 52.3 cm³/mol. The molecule has 0 aliphatic heterocycles. The first-order chi connectivity index (χ1) is 7.08. The first kappa shape index (κ1) is 9.51. The molecular weight excluding hydrogens is 199 g/mol. The molecule has 0 saturated heterocycles. The van der Waals surface area contributed by atoms with Crippen LogP contribution in [0.3, 0.4) is 0 Å². The number of nitrogens with zero attached hydrogens (tertiary/aromatic N) is 1. The number of nitrogens with one attached hydrogen (secondary N) is 1. The van der Waals surface area contributed by atoms with E-state index in [0.717, 1.165) is 6.07 Å². The predicted octanol–water partition coefficient (Wildman–Crippen LogP) is 1.26. The summed E-state index contributed by atoms with van der Waals surface area (Å²) in [5.41, 5.74) is -0.255. The Hall–Kier alpha value is -2.04. The van der Waals surface area contributed by atoms with Crippen LogP contribution in [0.5, 0.6) is 0 Å². The number of carbonyl (C=O) groups is 1. The molecule has 0 unspecified atom stereocenters. The fraction of sp³-hybridized carbons (Fsp3) is 0.100. The summed E-state index contributed by atoms with van der Waals surface area (Å²) in [5, 5.41) is 0.265. The van der Waals surface area contributed by atoms with Crippen LogP contribution in [-0.4, -0.2) is 15.8 Å². The lowest BCUT2D eigenvalue weighted by Crippen LogP contribution is -2.14. The molecule has 2 rings (SSSR count). The van der Waals surface area contributed by atoms with E-state index in [-0.39, 0.29) is 22.5 Å². The zero-order valence-electron chi connectivity index (χ0n) is 7.87. The van der Waals surface area contributed by atoms with E-state index in [1.54, 1.807) is 0 Å². The van der Waals surface area contributed by atoms with Gasteiger partial charge in [0.05, 0.1) is 10.9 Å². The number of H-pyrrole nitrogens is 1. The maximum absolute atomic E-state index is 12.9. The summed E-state index contributed by atoms with van der Waals surface area (Å²) in [6.45, 7) is 1.28. The molecule has 0 bridgehead atoms. The molecule has 0 spiro atoms. The first-order valence-electron chi connectivity index (χ1n) is 4.28. The Morgan fingerprint density at radius 1 is 1.47 bits per heavy atom. The summed E-state index contributed by atoms with van der Waals surface area (Å²) in [7, 11) is 0. The van der Waals surface area contributed by atoms with Crippen molar-refractivity contribution in [2.24, 2.45) is 0 Å². The number of aromatic nitrogens is 2. The molecule has 0 aliphatic rings. The van der Waals surface area contributed by atoms with Crippen LogP contribution in [0.2, 0.25) is 0 Å². The van der Waals surface area contributed by atoms with Gasteiger partial charge >= 0.3 is 0 Å². The van der Waals surface area contributed by atoms with Gasteiger partial charge in [0.1, 0.15) is 5.82 Å². The Balaban J connectivity index is 2.85. The Bertz CT molecular complexity index is 604. The zero-order chi connectivity index (χ0) is 11.0. The number of ketones is 1. The monoisotopic (exact) mass is 206 g/mol. The Kier molecular flexibility index (Phi) is 2.07. The van der Waals surface area contributed by atoms with E-state index in [4.69, 9.17) is 0 Å². The van der Waals surface area contributed by atoms with E-state index >= 15 is 0 Å². The van der Waals surface area contributed by atoms with Crippen molar-refractivity contribution >= 4 is 16.7 Å². The Labute approximate surface area is 83.8 Å². The SMILES string of the molecule is CC(=O)c1nc2cc(F)ccc2c(=O)[nH]1. The van der Waals surface area contributed by atoms with Gasteiger partial charge in [0.25, 0.3) is 5.56 Å². The first-order valence-corrected chi connectivity index (χ1v) is 4.28. The van der Waals surface area contributed by atoms with Gasteiger partial charge < -0.3 is 4.98 Å². The molecule has 0 aliphatic carbocycles. The molecule has 0 amide bonds. The van der Waals surface area contributed by atoms with Crippen LogP contribution in [0.15, 0.2) is 23.0 Å². The molecule has 1 aromatic heterocycles. The molecule has 0 fully saturated rings. The molecule has 0 radical (unpaired) electrons. The van der Waals surface area contributed by atoms with Crippen molar-refractivity contribution in [2.75, 3.05) is 0 Å². The van der Waals surface area contributed by atoms with E-state index in [2.05, 4.69) is 9.97 Å². The lowest BCUT2D eigenvalue weighted by atomic mass is 10.2. The molecule has 2 aromatic rings. The van der Waals surface area contributed by atoms with E-state index < -0.39 is 11.4 Å². The number of aromatic amines is 1. The highest BCUT2D eigenvalue weighted by Gasteiger charge is 2.07. The second-order valence-electron chi connectivity index (χ2n) is 3.13. The van der Waals surface area contributed by atoms with Crippen LogP contribution in [0.25, 0.3) is 10.9 Å². The van der Waals surface area contributed by atoms with Gasteiger partial charge in [-0.3, -0.25) is 9.59 Å². The van der Waals surface area contributed by atoms with Gasteiger partial charge in [0, 0.05) is 13.0 Å².